The lowest BCUT2D eigenvalue weighted by Gasteiger charge is -2.19. The Kier molecular flexibility index (Phi) is 3.28. The molecule has 0 aliphatic carbocycles. The van der Waals surface area contributed by atoms with E-state index >= 15 is 0 Å². The van der Waals surface area contributed by atoms with Gasteiger partial charge in [-0.05, 0) is 41.4 Å². The van der Waals surface area contributed by atoms with Crippen molar-refractivity contribution in [1.82, 2.24) is 14.9 Å². The van der Waals surface area contributed by atoms with Crippen molar-refractivity contribution in [2.24, 2.45) is 0 Å². The van der Waals surface area contributed by atoms with E-state index in [0.29, 0.717) is 11.8 Å². The molecule has 1 aliphatic heterocycles. The molecule has 4 rings (SSSR count). The number of ether oxygens (including phenoxy) is 2. The quantitative estimate of drug-likeness (QED) is 0.621. The van der Waals surface area contributed by atoms with Crippen LogP contribution in [-0.4, -0.2) is 40.0 Å². The van der Waals surface area contributed by atoms with Crippen LogP contribution >= 0.6 is 0 Å². The fourth-order valence-electron chi connectivity index (χ4n) is 2.57. The Hall–Kier alpha value is -3.55. The van der Waals surface area contributed by atoms with E-state index in [1.807, 2.05) is 0 Å². The molecule has 0 bridgehead atoms. The molecule has 0 fully saturated rings. The van der Waals surface area contributed by atoms with Crippen molar-refractivity contribution in [1.29, 1.82) is 0 Å². The van der Waals surface area contributed by atoms with Crippen molar-refractivity contribution >= 4 is 5.91 Å². The molecule has 1 amide bonds. The predicted molar refractivity (Wildman–Crippen MR) is 105 cm³/mol. The van der Waals surface area contributed by atoms with Crippen LogP contribution in [0, 0.1) is 0 Å². The van der Waals surface area contributed by atoms with Gasteiger partial charge in [-0.15, -0.1) is 0 Å². The van der Waals surface area contributed by atoms with Gasteiger partial charge in [-0.25, -0.2) is 9.97 Å². The second kappa shape index (κ2) is 8.06. The molecule has 0 saturated heterocycles. The number of fused-ring (bicyclic) bond motifs is 1. The first kappa shape index (κ1) is 12.2. The monoisotopic (exact) mass is 419 g/mol. The molecular weight excluding hydrogens is 392 g/mol. The lowest BCUT2D eigenvalue weighted by atomic mass is 10.0. The van der Waals surface area contributed by atoms with Crippen LogP contribution < -0.4 is 9.47 Å². The zero-order valence-electron chi connectivity index (χ0n) is 23.5. The van der Waals surface area contributed by atoms with Gasteiger partial charge in [-0.3, -0.25) is 4.79 Å². The highest BCUT2D eigenvalue weighted by atomic mass is 19.3. The molecule has 0 N–H and O–H groups in total. The van der Waals surface area contributed by atoms with Crippen molar-refractivity contribution in [2.75, 3.05) is 13.1 Å². The van der Waals surface area contributed by atoms with Crippen molar-refractivity contribution < 1.29 is 34.0 Å². The minimum Gasteiger partial charge on any atom is -0.491 e. The number of rotatable bonds is 5. The average molecular weight is 419 g/mol. The van der Waals surface area contributed by atoms with Gasteiger partial charge >= 0.3 is 6.11 Å². The molecule has 6 nitrogen and oxygen atoms in total. The van der Waals surface area contributed by atoms with Crippen LogP contribution in [0.3, 0.4) is 0 Å². The maximum absolute atomic E-state index is 13.6. The Bertz CT molecular complexity index is 1390. The summed E-state index contributed by atoms with van der Waals surface area (Å²) in [5, 5.41) is 0. The van der Waals surface area contributed by atoms with Crippen LogP contribution in [-0.2, 0) is 6.50 Å². The molecule has 1 aliphatic rings. The van der Waals surface area contributed by atoms with E-state index in [1.165, 1.54) is 30.6 Å². The van der Waals surface area contributed by atoms with Gasteiger partial charge in [0, 0.05) is 19.3 Å². The summed E-state index contributed by atoms with van der Waals surface area (Å²) >= 11 is 0. The summed E-state index contributed by atoms with van der Waals surface area (Å²) in [5.41, 5.74) is -0.761. The summed E-state index contributed by atoms with van der Waals surface area (Å²) in [6, 6.07) is 1.80. The van der Waals surface area contributed by atoms with Gasteiger partial charge < -0.3 is 14.4 Å². The smallest absolute Gasteiger partial charge is 0.394 e. The van der Waals surface area contributed by atoms with Crippen LogP contribution in [0.25, 0.3) is 11.1 Å². The normalized spacial score (nSPS) is 20.0. The second-order valence-corrected chi connectivity index (χ2v) is 6.10. The van der Waals surface area contributed by atoms with Crippen LogP contribution in [0.15, 0.2) is 60.8 Å². The molecule has 154 valence electrons. The summed E-state index contributed by atoms with van der Waals surface area (Å²) < 4.78 is 103. The van der Waals surface area contributed by atoms with Crippen LogP contribution in [0.4, 0.5) is 8.78 Å². The third-order valence-electron chi connectivity index (χ3n) is 3.81. The lowest BCUT2D eigenvalue weighted by Crippen LogP contribution is -2.32. The third-order valence-corrected chi connectivity index (χ3v) is 3.81. The standard InChI is InChI=1S/C22H19F2N3O3/c1-22(23,24)30-17-6-3-15(4-7-17)16-5-8-19-18(13-16)21(28)27(11-12-29-19)14-20-25-9-2-10-26-20/h2-10,13H,11-12,14H2,1H3/i3D,4D,6D,7D,11D2,14D2. The molecule has 2 heterocycles. The van der Waals surface area contributed by atoms with E-state index < -0.39 is 67.4 Å². The molecule has 0 spiro atoms. The highest BCUT2D eigenvalue weighted by Crippen LogP contribution is 2.31. The van der Waals surface area contributed by atoms with Crippen molar-refractivity contribution in [3.8, 4) is 22.6 Å². The highest BCUT2D eigenvalue weighted by molar-refractivity contribution is 5.98. The van der Waals surface area contributed by atoms with Gasteiger partial charge in [0.1, 0.15) is 23.9 Å². The molecule has 1 aromatic heterocycles. The number of carbonyl (C=O) groups excluding carboxylic acids is 1. The van der Waals surface area contributed by atoms with Gasteiger partial charge in [0.2, 0.25) is 0 Å². The number of alkyl halides is 2. The van der Waals surface area contributed by atoms with Crippen LogP contribution in [0.5, 0.6) is 11.5 Å². The predicted octanol–water partition coefficient (Wildman–Crippen LogP) is 4.17. The summed E-state index contributed by atoms with van der Waals surface area (Å²) in [6.07, 6.45) is -1.32. The van der Waals surface area contributed by atoms with Gasteiger partial charge in [-0.2, -0.15) is 8.78 Å². The van der Waals surface area contributed by atoms with E-state index in [4.69, 9.17) is 15.7 Å². The highest BCUT2D eigenvalue weighted by Gasteiger charge is 2.25. The Morgan fingerprint density at radius 3 is 2.70 bits per heavy atom. The Morgan fingerprint density at radius 2 is 2.00 bits per heavy atom. The van der Waals surface area contributed by atoms with Crippen molar-refractivity contribution in [2.45, 2.75) is 19.5 Å². The Balaban J connectivity index is 1.87. The molecule has 0 saturated carbocycles. The van der Waals surface area contributed by atoms with Gasteiger partial charge in [-0.1, -0.05) is 18.2 Å². The van der Waals surface area contributed by atoms with Gasteiger partial charge in [0.05, 0.1) is 29.5 Å². The number of hydrogen-bond acceptors (Lipinski definition) is 5. The number of halogens is 2. The number of hydrogen-bond donors (Lipinski definition) is 0. The van der Waals surface area contributed by atoms with Crippen molar-refractivity contribution in [3.63, 3.8) is 0 Å². The van der Waals surface area contributed by atoms with E-state index in [-0.39, 0.29) is 22.4 Å². The second-order valence-electron chi connectivity index (χ2n) is 6.10. The minimum atomic E-state index is -3.77. The molecule has 3 aromatic rings. The van der Waals surface area contributed by atoms with Crippen LogP contribution in [0.1, 0.15) is 34.1 Å². The zero-order valence-corrected chi connectivity index (χ0v) is 15.5. The SMILES string of the molecule is [2H]c1c([2H])c(-c2ccc3c(c2)C(=O)N(C([2H])([2H])c2ncccn2)C([2H])([2H])CO3)c([2H])c([2H])c1OC(C)(F)F. The van der Waals surface area contributed by atoms with E-state index in [2.05, 4.69) is 14.7 Å². The lowest BCUT2D eigenvalue weighted by molar-refractivity contribution is -0.158. The van der Waals surface area contributed by atoms with E-state index in [1.54, 1.807) is 0 Å². The fourth-order valence-corrected chi connectivity index (χ4v) is 2.57. The minimum absolute atomic E-state index is 0.0635. The first-order valence-electron chi connectivity index (χ1n) is 12.6. The van der Waals surface area contributed by atoms with Gasteiger partial charge in [0.15, 0.2) is 0 Å². The Labute approximate surface area is 183 Å². The molecule has 0 unspecified atom stereocenters. The molecule has 8 heteroatoms. The maximum atomic E-state index is 13.6. The first-order chi connectivity index (χ1) is 17.6. The maximum Gasteiger partial charge on any atom is 0.394 e. The Morgan fingerprint density at radius 1 is 1.27 bits per heavy atom. The van der Waals surface area contributed by atoms with Crippen LogP contribution in [0.2, 0.25) is 0 Å². The number of amides is 1. The largest absolute Gasteiger partial charge is 0.491 e. The molecule has 0 atom stereocenters. The van der Waals surface area contributed by atoms with Crippen molar-refractivity contribution in [3.05, 3.63) is 72.2 Å². The number of nitrogens with zero attached hydrogens (tertiary/aromatic N) is 3. The molecular formula is C22H19F2N3O3. The summed E-state index contributed by atoms with van der Waals surface area (Å²) in [6.45, 7) is -5.88. The average Bonchev–Trinajstić information content (AvgIpc) is 2.94. The van der Waals surface area contributed by atoms with Gasteiger partial charge in [0.25, 0.3) is 5.91 Å². The fraction of sp³-hybridized carbons (Fsp3) is 0.227. The third kappa shape index (κ3) is 4.53. The summed E-state index contributed by atoms with van der Waals surface area (Å²) in [7, 11) is 0. The number of aromatic nitrogens is 2. The topological polar surface area (TPSA) is 64.6 Å². The number of benzene rings is 2. The zero-order chi connectivity index (χ0) is 28.2. The molecule has 2 aromatic carbocycles. The van der Waals surface area contributed by atoms with E-state index in [0.717, 1.165) is 6.07 Å². The summed E-state index contributed by atoms with van der Waals surface area (Å²) in [5.74, 6) is -2.74. The van der Waals surface area contributed by atoms with E-state index in [9.17, 15) is 13.6 Å². The number of carbonyl (C=O) groups is 1. The molecule has 0 radical (unpaired) electrons. The summed E-state index contributed by atoms with van der Waals surface area (Å²) in [4.78, 5) is 21.5. The first-order valence-corrected chi connectivity index (χ1v) is 8.63. The molecule has 30 heavy (non-hydrogen) atoms.